The van der Waals surface area contributed by atoms with Crippen LogP contribution in [0.5, 0.6) is 0 Å². The number of benzene rings is 2. The molecule has 7 nitrogen and oxygen atoms in total. The predicted octanol–water partition coefficient (Wildman–Crippen LogP) is 3.69. The maximum atomic E-state index is 13.0. The summed E-state index contributed by atoms with van der Waals surface area (Å²) >= 11 is 1.18. The van der Waals surface area contributed by atoms with Crippen LogP contribution in [0.2, 0.25) is 0 Å². The van der Waals surface area contributed by atoms with E-state index in [0.29, 0.717) is 38.5 Å². The second-order valence-corrected chi connectivity index (χ2v) is 8.12. The number of fused-ring (bicyclic) bond motifs is 1. The van der Waals surface area contributed by atoms with Crippen LogP contribution in [0.1, 0.15) is 26.4 Å². The molecule has 2 N–H and O–H groups in total. The molecule has 0 spiro atoms. The van der Waals surface area contributed by atoms with Crippen LogP contribution in [0, 0.1) is 6.92 Å². The van der Waals surface area contributed by atoms with Gasteiger partial charge in [-0.1, -0.05) is 42.5 Å². The molecule has 0 saturated carbocycles. The van der Waals surface area contributed by atoms with Crippen molar-refractivity contribution in [2.24, 2.45) is 0 Å². The van der Waals surface area contributed by atoms with Gasteiger partial charge in [0.2, 0.25) is 0 Å². The number of carbonyl (C=O) groups excluding carboxylic acids is 1. The van der Waals surface area contributed by atoms with Crippen molar-refractivity contribution in [2.45, 2.75) is 19.9 Å². The largest absolute Gasteiger partial charge is 0.481 e. The minimum Gasteiger partial charge on any atom is -0.481 e. The summed E-state index contributed by atoms with van der Waals surface area (Å²) in [4.78, 5) is 42.0. The van der Waals surface area contributed by atoms with Crippen LogP contribution < -0.4 is 10.9 Å². The summed E-state index contributed by atoms with van der Waals surface area (Å²) in [5.41, 5.74) is 2.60. The number of nitrogens with zero attached hydrogens (tertiary/aromatic N) is 2. The molecule has 31 heavy (non-hydrogen) atoms. The second kappa shape index (κ2) is 8.53. The van der Waals surface area contributed by atoms with Crippen LogP contribution in [0.3, 0.4) is 0 Å². The Labute approximate surface area is 181 Å². The molecule has 0 radical (unpaired) electrons. The quantitative estimate of drug-likeness (QED) is 0.483. The van der Waals surface area contributed by atoms with E-state index in [0.717, 1.165) is 5.56 Å². The zero-order chi connectivity index (χ0) is 22.0. The van der Waals surface area contributed by atoms with Gasteiger partial charge in [0.1, 0.15) is 4.83 Å². The Morgan fingerprint density at radius 3 is 2.45 bits per heavy atom. The van der Waals surface area contributed by atoms with Crippen LogP contribution in [0.15, 0.2) is 65.7 Å². The van der Waals surface area contributed by atoms with E-state index in [1.54, 1.807) is 35.8 Å². The van der Waals surface area contributed by atoms with E-state index in [1.165, 1.54) is 17.7 Å². The van der Waals surface area contributed by atoms with E-state index in [1.807, 2.05) is 30.3 Å². The lowest BCUT2D eigenvalue weighted by Gasteiger charge is -2.06. The second-order valence-electron chi connectivity index (χ2n) is 7.12. The van der Waals surface area contributed by atoms with Crippen molar-refractivity contribution >= 4 is 39.1 Å². The molecular weight excluding hydrogens is 414 g/mol. The lowest BCUT2D eigenvalue weighted by atomic mass is 10.1. The first-order valence-electron chi connectivity index (χ1n) is 9.57. The first kappa shape index (κ1) is 20.5. The predicted molar refractivity (Wildman–Crippen MR) is 120 cm³/mol. The number of hydrogen-bond donors (Lipinski definition) is 2. The van der Waals surface area contributed by atoms with Crippen molar-refractivity contribution in [2.75, 3.05) is 5.32 Å². The zero-order valence-corrected chi connectivity index (χ0v) is 17.5. The third kappa shape index (κ3) is 4.39. The van der Waals surface area contributed by atoms with Crippen molar-refractivity contribution in [3.8, 4) is 0 Å². The van der Waals surface area contributed by atoms with E-state index in [-0.39, 0.29) is 17.9 Å². The molecule has 0 atom stereocenters. The van der Waals surface area contributed by atoms with Gasteiger partial charge in [-0.05, 0) is 35.7 Å². The highest BCUT2D eigenvalue weighted by atomic mass is 32.1. The average molecular weight is 433 g/mol. The number of carbonyl (C=O) groups is 2. The molecule has 0 aliphatic heterocycles. The Bertz CT molecular complexity index is 1320. The van der Waals surface area contributed by atoms with E-state index in [2.05, 4.69) is 10.3 Å². The molecule has 2 aromatic carbocycles. The maximum absolute atomic E-state index is 13.0. The number of carboxylic acid groups (broad SMARTS) is 1. The third-order valence-electron chi connectivity index (χ3n) is 4.89. The molecule has 0 bridgehead atoms. The number of aliphatic carboxylic acids is 1. The molecule has 0 aliphatic carbocycles. The van der Waals surface area contributed by atoms with Crippen molar-refractivity contribution in [3.05, 3.63) is 92.8 Å². The molecule has 8 heteroatoms. The van der Waals surface area contributed by atoms with E-state index >= 15 is 0 Å². The number of rotatable bonds is 6. The minimum atomic E-state index is -0.914. The molecular formula is C23H19N3O4S. The summed E-state index contributed by atoms with van der Waals surface area (Å²) in [5, 5.41) is 12.1. The molecule has 0 aliphatic rings. The standard InChI is InChI=1S/C23H19N3O4S/c1-14-19-22(24-13-26(23(19)30)12-16-5-3-2-4-6-16)31-20(14)21(29)25-17-9-7-15(8-10-17)11-18(27)28/h2-10,13H,11-12H2,1H3,(H,25,29)(H,27,28). The number of amides is 1. The van der Waals surface area contributed by atoms with Gasteiger partial charge in [0.05, 0.1) is 29.6 Å². The van der Waals surface area contributed by atoms with E-state index in [4.69, 9.17) is 5.11 Å². The molecule has 0 fully saturated rings. The summed E-state index contributed by atoms with van der Waals surface area (Å²) in [6.45, 7) is 2.15. The molecule has 0 saturated heterocycles. The topological polar surface area (TPSA) is 101 Å². The highest BCUT2D eigenvalue weighted by Crippen LogP contribution is 2.27. The Balaban J connectivity index is 1.60. The minimum absolute atomic E-state index is 0.0788. The molecule has 0 unspecified atom stereocenters. The average Bonchev–Trinajstić information content (AvgIpc) is 3.09. The summed E-state index contributed by atoms with van der Waals surface area (Å²) in [6.07, 6.45) is 1.43. The van der Waals surface area contributed by atoms with Gasteiger partial charge in [0.25, 0.3) is 11.5 Å². The Hall–Kier alpha value is -3.78. The van der Waals surface area contributed by atoms with Crippen LogP contribution in [-0.2, 0) is 17.8 Å². The fraction of sp³-hybridized carbons (Fsp3) is 0.130. The molecule has 2 aromatic heterocycles. The van der Waals surface area contributed by atoms with Gasteiger partial charge < -0.3 is 10.4 Å². The van der Waals surface area contributed by atoms with Gasteiger partial charge in [-0.15, -0.1) is 11.3 Å². The number of aryl methyl sites for hydroxylation is 1. The molecule has 4 rings (SSSR count). The first-order chi connectivity index (χ1) is 14.9. The molecule has 2 heterocycles. The monoisotopic (exact) mass is 433 g/mol. The number of anilines is 1. The van der Waals surface area contributed by atoms with Crippen molar-refractivity contribution in [1.82, 2.24) is 9.55 Å². The normalized spacial score (nSPS) is 10.9. The molecule has 156 valence electrons. The third-order valence-corrected chi connectivity index (χ3v) is 6.09. The molecule has 4 aromatic rings. The fourth-order valence-electron chi connectivity index (χ4n) is 3.34. The highest BCUT2D eigenvalue weighted by molar-refractivity contribution is 7.20. The van der Waals surface area contributed by atoms with E-state index in [9.17, 15) is 14.4 Å². The smallest absolute Gasteiger partial charge is 0.307 e. The van der Waals surface area contributed by atoms with Crippen molar-refractivity contribution < 1.29 is 14.7 Å². The van der Waals surface area contributed by atoms with Gasteiger partial charge in [0.15, 0.2) is 0 Å². The van der Waals surface area contributed by atoms with Gasteiger partial charge >= 0.3 is 5.97 Å². The van der Waals surface area contributed by atoms with E-state index < -0.39 is 5.97 Å². The van der Waals surface area contributed by atoms with Crippen molar-refractivity contribution in [1.29, 1.82) is 0 Å². The Kier molecular flexibility index (Phi) is 5.64. The fourth-order valence-corrected chi connectivity index (χ4v) is 4.37. The number of thiophene rings is 1. The first-order valence-corrected chi connectivity index (χ1v) is 10.4. The van der Waals surface area contributed by atoms with Crippen LogP contribution in [0.4, 0.5) is 5.69 Å². The van der Waals surface area contributed by atoms with Gasteiger partial charge in [0, 0.05) is 5.69 Å². The summed E-state index contributed by atoms with van der Waals surface area (Å²) in [7, 11) is 0. The zero-order valence-electron chi connectivity index (χ0n) is 16.7. The van der Waals surface area contributed by atoms with Gasteiger partial charge in [-0.25, -0.2) is 4.98 Å². The van der Waals surface area contributed by atoms with Gasteiger partial charge in [-0.3, -0.25) is 19.0 Å². The SMILES string of the molecule is Cc1c(C(=O)Nc2ccc(CC(=O)O)cc2)sc2ncn(Cc3ccccc3)c(=O)c12. The lowest BCUT2D eigenvalue weighted by Crippen LogP contribution is -2.21. The summed E-state index contributed by atoms with van der Waals surface area (Å²) in [5.74, 6) is -1.25. The van der Waals surface area contributed by atoms with Gasteiger partial charge in [-0.2, -0.15) is 0 Å². The van der Waals surface area contributed by atoms with Crippen LogP contribution >= 0.6 is 11.3 Å². The summed E-state index contributed by atoms with van der Waals surface area (Å²) in [6, 6.07) is 16.3. The van der Waals surface area contributed by atoms with Crippen LogP contribution in [-0.4, -0.2) is 26.5 Å². The number of hydrogen-bond acceptors (Lipinski definition) is 5. The number of nitrogens with one attached hydrogen (secondary N) is 1. The molecule has 1 amide bonds. The highest BCUT2D eigenvalue weighted by Gasteiger charge is 2.19. The number of aromatic nitrogens is 2. The Morgan fingerprint density at radius 1 is 1.06 bits per heavy atom. The van der Waals surface area contributed by atoms with Crippen LogP contribution in [0.25, 0.3) is 10.2 Å². The summed E-state index contributed by atoms with van der Waals surface area (Å²) < 4.78 is 1.54. The Morgan fingerprint density at radius 2 is 1.77 bits per heavy atom. The lowest BCUT2D eigenvalue weighted by molar-refractivity contribution is -0.136. The van der Waals surface area contributed by atoms with Crippen molar-refractivity contribution in [3.63, 3.8) is 0 Å². The maximum Gasteiger partial charge on any atom is 0.307 e. The number of carboxylic acids is 1.